The highest BCUT2D eigenvalue weighted by Crippen LogP contribution is 2.38. The summed E-state index contributed by atoms with van der Waals surface area (Å²) in [5, 5.41) is 40.9. The number of aryl methyl sites for hydroxylation is 2. The standard InChI is InChI=1S/C22H16N8O2S/c1-13-17(12-23)22(33-29-13)28-25-15-10-16(20(31)14-6-4-3-5-7-14)21(32)18(11-15)26-27-19-8-9-24-30(19)2/h3-11,32H,1-2H3. The van der Waals surface area contributed by atoms with Crippen molar-refractivity contribution in [1.29, 1.82) is 5.26 Å². The summed E-state index contributed by atoms with van der Waals surface area (Å²) in [6, 6.07) is 15.1. The number of hydrogen-bond acceptors (Lipinski definition) is 10. The molecule has 0 spiro atoms. The van der Waals surface area contributed by atoms with Crippen molar-refractivity contribution in [1.82, 2.24) is 14.2 Å². The zero-order valence-electron chi connectivity index (χ0n) is 17.5. The summed E-state index contributed by atoms with van der Waals surface area (Å²) in [5.41, 5.74) is 1.57. The van der Waals surface area contributed by atoms with Gasteiger partial charge in [0.2, 0.25) is 0 Å². The highest BCUT2D eigenvalue weighted by molar-refractivity contribution is 7.10. The minimum atomic E-state index is -0.409. The van der Waals surface area contributed by atoms with Crippen LogP contribution in [0.15, 0.2) is 75.2 Å². The van der Waals surface area contributed by atoms with Crippen LogP contribution in [0.1, 0.15) is 27.2 Å². The number of phenolic OH excluding ortho intramolecular Hbond substituents is 1. The van der Waals surface area contributed by atoms with Crippen LogP contribution >= 0.6 is 11.5 Å². The lowest BCUT2D eigenvalue weighted by Crippen LogP contribution is -2.01. The van der Waals surface area contributed by atoms with Crippen molar-refractivity contribution in [2.24, 2.45) is 27.5 Å². The van der Waals surface area contributed by atoms with Crippen molar-refractivity contribution >= 4 is 39.5 Å². The Labute approximate surface area is 192 Å². The summed E-state index contributed by atoms with van der Waals surface area (Å²) < 4.78 is 5.62. The third kappa shape index (κ3) is 4.56. The van der Waals surface area contributed by atoms with E-state index in [9.17, 15) is 15.2 Å². The molecule has 0 aliphatic carbocycles. The number of benzene rings is 2. The Morgan fingerprint density at radius 1 is 1.12 bits per heavy atom. The molecule has 2 heterocycles. The molecule has 0 aliphatic heterocycles. The number of carbonyl (C=O) groups excluding carboxylic acids is 1. The van der Waals surface area contributed by atoms with Crippen LogP contribution in [0, 0.1) is 18.3 Å². The Balaban J connectivity index is 1.79. The van der Waals surface area contributed by atoms with Crippen LogP contribution < -0.4 is 0 Å². The molecule has 0 saturated heterocycles. The molecule has 0 bridgehead atoms. The first kappa shape index (κ1) is 21.7. The average Bonchev–Trinajstić information content (AvgIpc) is 3.41. The molecule has 11 heteroatoms. The van der Waals surface area contributed by atoms with Gasteiger partial charge in [-0.3, -0.25) is 4.79 Å². The average molecular weight is 456 g/mol. The van der Waals surface area contributed by atoms with Crippen LogP contribution in [0.25, 0.3) is 0 Å². The number of nitriles is 1. The van der Waals surface area contributed by atoms with Gasteiger partial charge in [-0.1, -0.05) is 30.3 Å². The number of hydrogen-bond donors (Lipinski definition) is 1. The lowest BCUT2D eigenvalue weighted by Gasteiger charge is -2.07. The van der Waals surface area contributed by atoms with Crippen LogP contribution in [0.3, 0.4) is 0 Å². The topological polar surface area (TPSA) is 141 Å². The molecule has 0 saturated carbocycles. The summed E-state index contributed by atoms with van der Waals surface area (Å²) in [6.07, 6.45) is 1.56. The van der Waals surface area contributed by atoms with Gasteiger partial charge in [-0.15, -0.1) is 20.5 Å². The van der Waals surface area contributed by atoms with Gasteiger partial charge in [0.1, 0.15) is 17.3 Å². The summed E-state index contributed by atoms with van der Waals surface area (Å²) in [7, 11) is 1.70. The first-order chi connectivity index (χ1) is 16.0. The number of nitrogens with zero attached hydrogens (tertiary/aromatic N) is 8. The fourth-order valence-corrected chi connectivity index (χ4v) is 3.56. The van der Waals surface area contributed by atoms with Crippen molar-refractivity contribution in [3.8, 4) is 11.8 Å². The molecule has 4 rings (SSSR count). The molecule has 4 aromatic rings. The van der Waals surface area contributed by atoms with Gasteiger partial charge in [0.25, 0.3) is 0 Å². The zero-order chi connectivity index (χ0) is 23.4. The molecule has 10 nitrogen and oxygen atoms in total. The normalized spacial score (nSPS) is 11.3. The molecule has 1 N–H and O–H groups in total. The third-order valence-electron chi connectivity index (χ3n) is 4.62. The Morgan fingerprint density at radius 3 is 2.61 bits per heavy atom. The lowest BCUT2D eigenvalue weighted by molar-refractivity contribution is 0.103. The van der Waals surface area contributed by atoms with Crippen LogP contribution in [0.4, 0.5) is 22.2 Å². The second kappa shape index (κ2) is 9.29. The number of azo groups is 2. The number of rotatable bonds is 6. The van der Waals surface area contributed by atoms with Gasteiger partial charge >= 0.3 is 0 Å². The van der Waals surface area contributed by atoms with E-state index in [4.69, 9.17) is 0 Å². The van der Waals surface area contributed by atoms with Crippen LogP contribution in [-0.4, -0.2) is 25.0 Å². The summed E-state index contributed by atoms with van der Waals surface area (Å²) in [6.45, 7) is 1.71. The minimum Gasteiger partial charge on any atom is -0.505 e. The number of carbonyl (C=O) groups is 1. The number of aromatic hydroxyl groups is 1. The Kier molecular flexibility index (Phi) is 6.10. The molecular weight excluding hydrogens is 440 g/mol. The van der Waals surface area contributed by atoms with E-state index in [2.05, 4.69) is 36.0 Å². The molecule has 0 radical (unpaired) electrons. The maximum Gasteiger partial charge on any atom is 0.196 e. The van der Waals surface area contributed by atoms with E-state index < -0.39 is 5.78 Å². The van der Waals surface area contributed by atoms with E-state index in [0.717, 1.165) is 11.5 Å². The molecule has 0 aliphatic rings. The monoisotopic (exact) mass is 456 g/mol. The van der Waals surface area contributed by atoms with Crippen molar-refractivity contribution in [2.75, 3.05) is 0 Å². The minimum absolute atomic E-state index is 0.00222. The van der Waals surface area contributed by atoms with Crippen molar-refractivity contribution in [3.63, 3.8) is 0 Å². The molecule has 2 aromatic carbocycles. The second-order valence-corrected chi connectivity index (χ2v) is 7.58. The number of phenols is 1. The van der Waals surface area contributed by atoms with Gasteiger partial charge in [-0.25, -0.2) is 4.68 Å². The van der Waals surface area contributed by atoms with Gasteiger partial charge in [0, 0.05) is 18.7 Å². The van der Waals surface area contributed by atoms with E-state index in [0.29, 0.717) is 27.6 Å². The maximum absolute atomic E-state index is 13.1. The first-order valence-electron chi connectivity index (χ1n) is 9.62. The smallest absolute Gasteiger partial charge is 0.196 e. The molecule has 0 amide bonds. The van der Waals surface area contributed by atoms with E-state index in [1.807, 2.05) is 0 Å². The highest BCUT2D eigenvalue weighted by atomic mass is 32.1. The molecule has 0 atom stereocenters. The fourth-order valence-electron chi connectivity index (χ4n) is 2.88. The zero-order valence-corrected chi connectivity index (χ0v) is 18.4. The Bertz CT molecular complexity index is 1430. The van der Waals surface area contributed by atoms with E-state index in [1.165, 1.54) is 16.8 Å². The third-order valence-corrected chi connectivity index (χ3v) is 5.45. The van der Waals surface area contributed by atoms with E-state index in [-0.39, 0.29) is 22.7 Å². The van der Waals surface area contributed by atoms with Gasteiger partial charge in [0.05, 0.1) is 23.1 Å². The van der Waals surface area contributed by atoms with Crippen molar-refractivity contribution < 1.29 is 9.90 Å². The van der Waals surface area contributed by atoms with E-state index >= 15 is 0 Å². The van der Waals surface area contributed by atoms with Gasteiger partial charge in [0.15, 0.2) is 22.4 Å². The van der Waals surface area contributed by atoms with Gasteiger partial charge in [-0.05, 0) is 30.6 Å². The second-order valence-electron chi connectivity index (χ2n) is 6.83. The SMILES string of the molecule is Cc1nsc(N=Nc2cc(N=Nc3ccnn3C)c(O)c(C(=O)c3ccccc3)c2)c1C#N. The lowest BCUT2D eigenvalue weighted by atomic mass is 10.0. The Hall–Kier alpha value is -4.56. The van der Waals surface area contributed by atoms with Crippen LogP contribution in [0.2, 0.25) is 0 Å². The summed E-state index contributed by atoms with van der Waals surface area (Å²) in [5.74, 6) is -0.287. The largest absolute Gasteiger partial charge is 0.505 e. The van der Waals surface area contributed by atoms with E-state index in [1.54, 1.807) is 56.6 Å². The first-order valence-corrected chi connectivity index (χ1v) is 10.4. The predicted molar refractivity (Wildman–Crippen MR) is 121 cm³/mol. The summed E-state index contributed by atoms with van der Waals surface area (Å²) in [4.78, 5) is 13.1. The fraction of sp³-hybridized carbons (Fsp3) is 0.0909. The molecule has 33 heavy (non-hydrogen) atoms. The number of aromatic nitrogens is 3. The maximum atomic E-state index is 13.1. The summed E-state index contributed by atoms with van der Waals surface area (Å²) >= 11 is 1.04. The van der Waals surface area contributed by atoms with Crippen molar-refractivity contribution in [2.45, 2.75) is 6.92 Å². The van der Waals surface area contributed by atoms with Gasteiger partial charge < -0.3 is 5.11 Å². The quantitative estimate of drug-likeness (QED) is 0.287. The molecule has 162 valence electrons. The predicted octanol–water partition coefficient (Wildman–Crippen LogP) is 5.82. The van der Waals surface area contributed by atoms with Crippen LogP contribution in [-0.2, 0) is 7.05 Å². The molecular formula is C22H16N8O2S. The van der Waals surface area contributed by atoms with Gasteiger partial charge in [-0.2, -0.15) is 14.7 Å². The van der Waals surface area contributed by atoms with Crippen LogP contribution in [0.5, 0.6) is 5.75 Å². The molecule has 0 unspecified atom stereocenters. The van der Waals surface area contributed by atoms with Crippen molar-refractivity contribution in [3.05, 3.63) is 77.1 Å². The highest BCUT2D eigenvalue weighted by Gasteiger charge is 2.19. The molecule has 0 fully saturated rings. The molecule has 2 aromatic heterocycles. The Morgan fingerprint density at radius 2 is 1.91 bits per heavy atom. The number of ketones is 1.